The predicted octanol–water partition coefficient (Wildman–Crippen LogP) is 4.80. The summed E-state index contributed by atoms with van der Waals surface area (Å²) >= 11 is 0. The molecule has 0 aliphatic carbocycles. The lowest BCUT2D eigenvalue weighted by Gasteiger charge is -2.29. The van der Waals surface area contributed by atoms with Crippen LogP contribution in [0, 0.1) is 6.92 Å². The Hall–Kier alpha value is -3.33. The molecule has 4 aromatic rings. The van der Waals surface area contributed by atoms with E-state index < -0.39 is 5.41 Å². The van der Waals surface area contributed by atoms with Crippen LogP contribution in [0.25, 0.3) is 10.9 Å². The quantitative estimate of drug-likeness (QED) is 0.500. The first-order valence-electron chi connectivity index (χ1n) is 9.54. The number of para-hydroxylation sites is 1. The zero-order chi connectivity index (χ0) is 19.5. The number of carbonyl (C=O) groups is 1. The minimum Gasteiger partial charge on any atom is -0.350 e. The molecule has 1 amide bonds. The van der Waals surface area contributed by atoms with E-state index in [1.165, 1.54) is 5.56 Å². The Morgan fingerprint density at radius 1 is 0.821 bits per heavy atom. The average Bonchev–Trinajstić information content (AvgIpc) is 3.16. The number of likely N-dealkylation sites (N-methyl/N-ethyl adjacent to an activating group) is 1. The van der Waals surface area contributed by atoms with Crippen molar-refractivity contribution in [1.82, 2.24) is 4.57 Å². The van der Waals surface area contributed by atoms with Crippen LogP contribution < -0.4 is 4.90 Å². The molecule has 0 bridgehead atoms. The second-order valence-corrected chi connectivity index (χ2v) is 7.67. The SMILES string of the molecule is Cc1ccc2c(c1)c(C1(c3ccccc3)C(=O)N(C)c3ccccc31)cn2C. The van der Waals surface area contributed by atoms with Crippen molar-refractivity contribution in [2.45, 2.75) is 12.3 Å². The van der Waals surface area contributed by atoms with Gasteiger partial charge >= 0.3 is 0 Å². The summed E-state index contributed by atoms with van der Waals surface area (Å²) in [6.07, 6.45) is 2.13. The number of anilines is 1. The molecule has 3 nitrogen and oxygen atoms in total. The Bertz CT molecular complexity index is 1220. The molecule has 0 N–H and O–H groups in total. The largest absolute Gasteiger partial charge is 0.350 e. The van der Waals surface area contributed by atoms with E-state index in [2.05, 4.69) is 61.1 Å². The molecule has 3 heteroatoms. The molecule has 3 aromatic carbocycles. The van der Waals surface area contributed by atoms with E-state index in [1.807, 2.05) is 43.4 Å². The van der Waals surface area contributed by atoms with Gasteiger partial charge in [-0.15, -0.1) is 0 Å². The molecule has 5 rings (SSSR count). The van der Waals surface area contributed by atoms with E-state index in [4.69, 9.17) is 0 Å². The van der Waals surface area contributed by atoms with Crippen LogP contribution in [0.15, 0.2) is 79.0 Å². The molecule has 0 radical (unpaired) electrons. The molecule has 138 valence electrons. The average molecular weight is 366 g/mol. The third-order valence-electron chi connectivity index (χ3n) is 6.05. The van der Waals surface area contributed by atoms with Crippen molar-refractivity contribution < 1.29 is 4.79 Å². The molecule has 0 saturated carbocycles. The van der Waals surface area contributed by atoms with Crippen LogP contribution in [0.3, 0.4) is 0 Å². The highest BCUT2D eigenvalue weighted by atomic mass is 16.2. The van der Waals surface area contributed by atoms with Gasteiger partial charge in [-0.1, -0.05) is 60.2 Å². The van der Waals surface area contributed by atoms with Crippen molar-refractivity contribution in [1.29, 1.82) is 0 Å². The van der Waals surface area contributed by atoms with Crippen molar-refractivity contribution in [3.63, 3.8) is 0 Å². The number of amides is 1. The maximum absolute atomic E-state index is 13.9. The van der Waals surface area contributed by atoms with Gasteiger partial charge in [0.2, 0.25) is 5.91 Å². The Labute approximate surface area is 164 Å². The highest BCUT2D eigenvalue weighted by molar-refractivity contribution is 6.14. The molecular weight excluding hydrogens is 344 g/mol. The summed E-state index contributed by atoms with van der Waals surface area (Å²) in [6.45, 7) is 2.10. The molecule has 28 heavy (non-hydrogen) atoms. The fraction of sp³-hybridized carbons (Fsp3) is 0.160. The van der Waals surface area contributed by atoms with E-state index in [1.54, 1.807) is 4.90 Å². The van der Waals surface area contributed by atoms with Gasteiger partial charge in [0.25, 0.3) is 0 Å². The van der Waals surface area contributed by atoms with Crippen molar-refractivity contribution in [2.24, 2.45) is 7.05 Å². The van der Waals surface area contributed by atoms with Crippen LogP contribution in [-0.2, 0) is 17.3 Å². The molecular formula is C25H22N2O. The molecule has 1 unspecified atom stereocenters. The lowest BCUT2D eigenvalue weighted by Crippen LogP contribution is -2.40. The van der Waals surface area contributed by atoms with Gasteiger partial charge in [-0.05, 0) is 30.7 Å². The first kappa shape index (κ1) is 16.8. The summed E-state index contributed by atoms with van der Waals surface area (Å²) in [4.78, 5) is 15.7. The Morgan fingerprint density at radius 2 is 1.54 bits per heavy atom. The third-order valence-corrected chi connectivity index (χ3v) is 6.05. The van der Waals surface area contributed by atoms with Gasteiger partial charge in [0.05, 0.1) is 0 Å². The summed E-state index contributed by atoms with van der Waals surface area (Å²) in [5.74, 6) is 0.0916. The van der Waals surface area contributed by atoms with E-state index in [0.717, 1.165) is 33.3 Å². The number of aryl methyl sites for hydroxylation is 2. The number of benzene rings is 3. The first-order valence-corrected chi connectivity index (χ1v) is 9.54. The Balaban J connectivity index is 1.97. The van der Waals surface area contributed by atoms with Gasteiger partial charge in [-0.3, -0.25) is 4.79 Å². The summed E-state index contributed by atoms with van der Waals surface area (Å²) in [7, 11) is 3.93. The number of fused-ring (bicyclic) bond motifs is 2. The molecule has 0 saturated heterocycles. The predicted molar refractivity (Wildman–Crippen MR) is 114 cm³/mol. The van der Waals surface area contributed by atoms with E-state index in [9.17, 15) is 4.79 Å². The summed E-state index contributed by atoms with van der Waals surface area (Å²) < 4.78 is 2.13. The summed E-state index contributed by atoms with van der Waals surface area (Å²) in [5.41, 5.74) is 5.54. The molecule has 1 aliphatic heterocycles. The standard InChI is InChI=1S/C25H22N2O/c1-17-13-14-22-19(15-17)21(16-26(22)2)25(18-9-5-4-6-10-18)20-11-7-8-12-23(20)27(3)24(25)28/h4-16H,1-3H3. The molecule has 1 aromatic heterocycles. The molecule has 0 spiro atoms. The van der Waals surface area contributed by atoms with Gasteiger partial charge in [0.15, 0.2) is 0 Å². The lowest BCUT2D eigenvalue weighted by atomic mass is 9.70. The van der Waals surface area contributed by atoms with Crippen LogP contribution >= 0.6 is 0 Å². The van der Waals surface area contributed by atoms with Gasteiger partial charge in [0.1, 0.15) is 5.41 Å². The van der Waals surface area contributed by atoms with Gasteiger partial charge < -0.3 is 9.47 Å². The van der Waals surface area contributed by atoms with E-state index in [0.29, 0.717) is 0 Å². The topological polar surface area (TPSA) is 25.2 Å². The number of hydrogen-bond donors (Lipinski definition) is 0. The zero-order valence-electron chi connectivity index (χ0n) is 16.3. The fourth-order valence-electron chi connectivity index (χ4n) is 4.75. The first-order chi connectivity index (χ1) is 13.5. The van der Waals surface area contributed by atoms with Gasteiger partial charge in [-0.25, -0.2) is 0 Å². The second-order valence-electron chi connectivity index (χ2n) is 7.67. The van der Waals surface area contributed by atoms with Crippen molar-refractivity contribution in [3.8, 4) is 0 Å². The number of hydrogen-bond acceptors (Lipinski definition) is 1. The van der Waals surface area contributed by atoms with Crippen LogP contribution in [0.5, 0.6) is 0 Å². The molecule has 2 heterocycles. The molecule has 0 fully saturated rings. The minimum atomic E-state index is -0.847. The normalized spacial score (nSPS) is 18.7. The van der Waals surface area contributed by atoms with Crippen molar-refractivity contribution >= 4 is 22.5 Å². The number of carbonyl (C=O) groups excluding carboxylic acids is 1. The number of aromatic nitrogens is 1. The lowest BCUT2D eigenvalue weighted by molar-refractivity contribution is -0.120. The number of nitrogens with zero attached hydrogens (tertiary/aromatic N) is 2. The van der Waals surface area contributed by atoms with Gasteiger partial charge in [0, 0.05) is 48.0 Å². The molecule has 1 atom stereocenters. The minimum absolute atomic E-state index is 0.0916. The second kappa shape index (κ2) is 5.83. The van der Waals surface area contributed by atoms with Crippen LogP contribution in [0.2, 0.25) is 0 Å². The number of rotatable bonds is 2. The van der Waals surface area contributed by atoms with Crippen molar-refractivity contribution in [3.05, 3.63) is 101 Å². The van der Waals surface area contributed by atoms with E-state index in [-0.39, 0.29) is 5.91 Å². The highest BCUT2D eigenvalue weighted by Crippen LogP contribution is 2.51. The zero-order valence-corrected chi connectivity index (χ0v) is 16.3. The third kappa shape index (κ3) is 2.02. The summed E-state index contributed by atoms with van der Waals surface area (Å²) in [6, 6.07) is 24.8. The molecule has 1 aliphatic rings. The summed E-state index contributed by atoms with van der Waals surface area (Å²) in [5, 5.41) is 1.13. The van der Waals surface area contributed by atoms with Crippen LogP contribution in [0.4, 0.5) is 5.69 Å². The van der Waals surface area contributed by atoms with Crippen LogP contribution in [-0.4, -0.2) is 17.5 Å². The maximum Gasteiger partial charge on any atom is 0.246 e. The van der Waals surface area contributed by atoms with Gasteiger partial charge in [-0.2, -0.15) is 0 Å². The van der Waals surface area contributed by atoms with Crippen molar-refractivity contribution in [2.75, 3.05) is 11.9 Å². The monoisotopic (exact) mass is 366 g/mol. The smallest absolute Gasteiger partial charge is 0.246 e. The fourth-order valence-corrected chi connectivity index (χ4v) is 4.75. The Morgan fingerprint density at radius 3 is 2.32 bits per heavy atom. The van der Waals surface area contributed by atoms with Crippen LogP contribution in [0.1, 0.15) is 22.3 Å². The Kier molecular flexibility index (Phi) is 3.50. The van der Waals surface area contributed by atoms with E-state index >= 15 is 0 Å². The maximum atomic E-state index is 13.9. The highest BCUT2D eigenvalue weighted by Gasteiger charge is 2.53.